The summed E-state index contributed by atoms with van der Waals surface area (Å²) in [7, 11) is 2.20. The average molecular weight is 236 g/mol. The van der Waals surface area contributed by atoms with E-state index in [1.807, 2.05) is 6.20 Å². The zero-order chi connectivity index (χ0) is 12.1. The van der Waals surface area contributed by atoms with Gasteiger partial charge in [0.05, 0.1) is 5.69 Å². The highest BCUT2D eigenvalue weighted by Gasteiger charge is 2.16. The largest absolute Gasteiger partial charge is 0.308 e. The highest BCUT2D eigenvalue weighted by atomic mass is 15.3. The number of nitrogens with one attached hydrogen (secondary N) is 1. The average Bonchev–Trinajstić information content (AvgIpc) is 2.77. The number of hydrogen-bond donors (Lipinski definition) is 1. The van der Waals surface area contributed by atoms with Crippen molar-refractivity contribution in [3.05, 3.63) is 18.0 Å². The Morgan fingerprint density at radius 1 is 1.41 bits per heavy atom. The molecule has 1 aliphatic heterocycles. The molecule has 0 bridgehead atoms. The molecule has 0 radical (unpaired) electrons. The summed E-state index contributed by atoms with van der Waals surface area (Å²) >= 11 is 0. The molecule has 2 rings (SSSR count). The van der Waals surface area contributed by atoms with Crippen molar-refractivity contribution in [2.45, 2.75) is 45.3 Å². The molecular formula is C13H24N4. The van der Waals surface area contributed by atoms with Gasteiger partial charge in [-0.3, -0.25) is 4.68 Å². The summed E-state index contributed by atoms with van der Waals surface area (Å²) in [5.41, 5.74) is 1.31. The van der Waals surface area contributed by atoms with E-state index in [-0.39, 0.29) is 0 Å². The van der Waals surface area contributed by atoms with E-state index in [4.69, 9.17) is 0 Å². The van der Waals surface area contributed by atoms with Gasteiger partial charge in [-0.05, 0) is 45.5 Å². The number of aryl methyl sites for hydroxylation is 1. The molecule has 4 nitrogen and oxygen atoms in total. The van der Waals surface area contributed by atoms with Gasteiger partial charge < -0.3 is 10.2 Å². The van der Waals surface area contributed by atoms with Gasteiger partial charge in [-0.1, -0.05) is 6.92 Å². The molecule has 17 heavy (non-hydrogen) atoms. The molecule has 4 heteroatoms. The number of likely N-dealkylation sites (tertiary alicyclic amines) is 1. The van der Waals surface area contributed by atoms with E-state index >= 15 is 0 Å². The zero-order valence-electron chi connectivity index (χ0n) is 11.0. The van der Waals surface area contributed by atoms with Crippen molar-refractivity contribution in [2.75, 3.05) is 20.1 Å². The van der Waals surface area contributed by atoms with Crippen LogP contribution in [-0.4, -0.2) is 40.9 Å². The van der Waals surface area contributed by atoms with Crippen LogP contribution in [0.25, 0.3) is 0 Å². The Morgan fingerprint density at radius 2 is 2.18 bits per heavy atom. The number of aromatic nitrogens is 2. The Kier molecular flexibility index (Phi) is 4.57. The van der Waals surface area contributed by atoms with Crippen LogP contribution in [0.5, 0.6) is 0 Å². The number of piperidine rings is 1. The van der Waals surface area contributed by atoms with E-state index in [0.717, 1.165) is 19.5 Å². The lowest BCUT2D eigenvalue weighted by molar-refractivity contribution is 0.233. The summed E-state index contributed by atoms with van der Waals surface area (Å²) in [4.78, 5) is 2.40. The van der Waals surface area contributed by atoms with Gasteiger partial charge in [0, 0.05) is 25.3 Å². The molecule has 96 valence electrons. The van der Waals surface area contributed by atoms with Gasteiger partial charge in [-0.25, -0.2) is 0 Å². The van der Waals surface area contributed by atoms with Crippen LogP contribution in [0, 0.1) is 0 Å². The van der Waals surface area contributed by atoms with E-state index < -0.39 is 0 Å². The Balaban J connectivity index is 1.79. The molecule has 1 fully saturated rings. The van der Waals surface area contributed by atoms with Crippen LogP contribution in [0.1, 0.15) is 31.9 Å². The third-order valence-corrected chi connectivity index (χ3v) is 3.53. The highest BCUT2D eigenvalue weighted by molar-refractivity contribution is 5.00. The maximum absolute atomic E-state index is 4.35. The van der Waals surface area contributed by atoms with Crippen LogP contribution in [0.2, 0.25) is 0 Å². The Labute approximate surface area is 104 Å². The fourth-order valence-corrected chi connectivity index (χ4v) is 2.38. The summed E-state index contributed by atoms with van der Waals surface area (Å²) in [6.45, 7) is 6.60. The van der Waals surface area contributed by atoms with Gasteiger partial charge in [0.15, 0.2) is 0 Å². The molecule has 1 aliphatic rings. The van der Waals surface area contributed by atoms with Crippen molar-refractivity contribution >= 4 is 0 Å². The molecule has 1 saturated heterocycles. The molecule has 1 aromatic heterocycles. The molecule has 0 aliphatic carbocycles. The lowest BCUT2D eigenvalue weighted by Gasteiger charge is -2.29. The zero-order valence-corrected chi connectivity index (χ0v) is 11.0. The van der Waals surface area contributed by atoms with Crippen molar-refractivity contribution < 1.29 is 0 Å². The van der Waals surface area contributed by atoms with Gasteiger partial charge in [-0.15, -0.1) is 0 Å². The maximum atomic E-state index is 4.35. The number of rotatable bonds is 5. The molecule has 0 saturated carbocycles. The highest BCUT2D eigenvalue weighted by Crippen LogP contribution is 2.09. The second-order valence-electron chi connectivity index (χ2n) is 5.00. The summed E-state index contributed by atoms with van der Waals surface area (Å²) in [6, 6.07) is 2.80. The van der Waals surface area contributed by atoms with E-state index in [1.165, 1.54) is 31.6 Å². The van der Waals surface area contributed by atoms with Crippen LogP contribution < -0.4 is 5.32 Å². The third-order valence-electron chi connectivity index (χ3n) is 3.53. The second-order valence-corrected chi connectivity index (χ2v) is 5.00. The summed E-state index contributed by atoms with van der Waals surface area (Å²) in [6.07, 6.45) is 5.57. The molecule has 0 amide bonds. The predicted octanol–water partition coefficient (Wildman–Crippen LogP) is 1.48. The van der Waals surface area contributed by atoms with Gasteiger partial charge in [0.1, 0.15) is 0 Å². The normalized spacial score (nSPS) is 18.7. The van der Waals surface area contributed by atoms with Crippen LogP contribution in [0.3, 0.4) is 0 Å². The van der Waals surface area contributed by atoms with Gasteiger partial charge in [0.2, 0.25) is 0 Å². The van der Waals surface area contributed by atoms with E-state index in [9.17, 15) is 0 Å². The van der Waals surface area contributed by atoms with Gasteiger partial charge in [-0.2, -0.15) is 5.10 Å². The minimum Gasteiger partial charge on any atom is -0.308 e. The Hall–Kier alpha value is -0.870. The first-order valence-corrected chi connectivity index (χ1v) is 6.72. The summed E-state index contributed by atoms with van der Waals surface area (Å²) in [5.74, 6) is 0. The SMILES string of the molecule is CCCn1nccc1CNC1CCN(C)CC1. The second kappa shape index (κ2) is 6.17. The molecule has 1 N–H and O–H groups in total. The number of hydrogen-bond acceptors (Lipinski definition) is 3. The smallest absolute Gasteiger partial charge is 0.0522 e. The topological polar surface area (TPSA) is 33.1 Å². The van der Waals surface area contributed by atoms with Crippen LogP contribution >= 0.6 is 0 Å². The molecule has 0 atom stereocenters. The van der Waals surface area contributed by atoms with Crippen molar-refractivity contribution in [3.8, 4) is 0 Å². The van der Waals surface area contributed by atoms with Gasteiger partial charge >= 0.3 is 0 Å². The Morgan fingerprint density at radius 3 is 2.88 bits per heavy atom. The quantitative estimate of drug-likeness (QED) is 0.840. The van der Waals surface area contributed by atoms with E-state index in [2.05, 4.69) is 40.0 Å². The van der Waals surface area contributed by atoms with Crippen molar-refractivity contribution in [1.82, 2.24) is 20.0 Å². The van der Waals surface area contributed by atoms with Crippen LogP contribution in [0.4, 0.5) is 0 Å². The Bertz CT molecular complexity index is 326. The van der Waals surface area contributed by atoms with Crippen molar-refractivity contribution in [3.63, 3.8) is 0 Å². The van der Waals surface area contributed by atoms with Gasteiger partial charge in [0.25, 0.3) is 0 Å². The fraction of sp³-hybridized carbons (Fsp3) is 0.769. The minimum absolute atomic E-state index is 0.677. The maximum Gasteiger partial charge on any atom is 0.0522 e. The van der Waals surface area contributed by atoms with E-state index in [1.54, 1.807) is 0 Å². The third kappa shape index (κ3) is 3.54. The van der Waals surface area contributed by atoms with Crippen molar-refractivity contribution in [2.24, 2.45) is 0 Å². The standard InChI is InChI=1S/C13H24N4/c1-3-8-17-13(4-7-15-17)11-14-12-5-9-16(2)10-6-12/h4,7,12,14H,3,5-6,8-11H2,1-2H3. The molecule has 2 heterocycles. The molecule has 1 aromatic rings. The molecule has 0 spiro atoms. The lowest BCUT2D eigenvalue weighted by Crippen LogP contribution is -2.40. The van der Waals surface area contributed by atoms with E-state index in [0.29, 0.717) is 6.04 Å². The molecular weight excluding hydrogens is 212 g/mol. The van der Waals surface area contributed by atoms with Crippen LogP contribution in [-0.2, 0) is 13.1 Å². The minimum atomic E-state index is 0.677. The summed E-state index contributed by atoms with van der Waals surface area (Å²) < 4.78 is 2.11. The van der Waals surface area contributed by atoms with Crippen molar-refractivity contribution in [1.29, 1.82) is 0 Å². The predicted molar refractivity (Wildman–Crippen MR) is 69.9 cm³/mol. The first-order valence-electron chi connectivity index (χ1n) is 6.72. The van der Waals surface area contributed by atoms with Crippen LogP contribution in [0.15, 0.2) is 12.3 Å². The fourth-order valence-electron chi connectivity index (χ4n) is 2.38. The molecule has 0 aromatic carbocycles. The molecule has 0 unspecified atom stereocenters. The first kappa shape index (κ1) is 12.6. The first-order chi connectivity index (χ1) is 8.29. The number of nitrogens with zero attached hydrogens (tertiary/aromatic N) is 3. The monoisotopic (exact) mass is 236 g/mol. The lowest BCUT2D eigenvalue weighted by atomic mass is 10.1. The summed E-state index contributed by atoms with van der Waals surface area (Å²) in [5, 5.41) is 8.01.